The van der Waals surface area contributed by atoms with E-state index in [2.05, 4.69) is 41.2 Å². The van der Waals surface area contributed by atoms with Crippen LogP contribution in [0, 0.1) is 23.0 Å². The van der Waals surface area contributed by atoms with Gasteiger partial charge in [-0.2, -0.15) is 5.26 Å². The Balaban J connectivity index is 0.000000218. The number of hydrogen-bond acceptors (Lipinski definition) is 12. The van der Waals surface area contributed by atoms with Gasteiger partial charge in [0, 0.05) is 77.8 Å². The van der Waals surface area contributed by atoms with Crippen LogP contribution in [0.25, 0.3) is 0 Å². The molecule has 5 amide bonds. The Morgan fingerprint density at radius 1 is 0.737 bits per heavy atom. The van der Waals surface area contributed by atoms with Crippen LogP contribution in [0.2, 0.25) is 0 Å². The molecule has 0 spiro atoms. The Bertz CT molecular complexity index is 2060. The fraction of sp³-hybridized carbons (Fsp3) is 0.368. The van der Waals surface area contributed by atoms with E-state index in [0.29, 0.717) is 41.9 Å². The molecule has 6 rings (SSSR count). The summed E-state index contributed by atoms with van der Waals surface area (Å²) in [5, 5.41) is 21.3. The number of carbonyl (C=O) groups excluding carboxylic acids is 3. The number of nitriles is 1. The lowest BCUT2D eigenvalue weighted by Crippen LogP contribution is -2.50. The van der Waals surface area contributed by atoms with Gasteiger partial charge in [0.1, 0.15) is 29.3 Å². The number of urea groups is 2. The third-order valence-electron chi connectivity index (χ3n) is 9.03. The van der Waals surface area contributed by atoms with E-state index in [1.165, 1.54) is 52.4 Å². The molecule has 0 saturated carbocycles. The lowest BCUT2D eigenvalue weighted by Gasteiger charge is -2.34. The Labute approximate surface area is 329 Å². The third-order valence-corrected chi connectivity index (χ3v) is 9.03. The van der Waals surface area contributed by atoms with Crippen LogP contribution in [0.3, 0.4) is 0 Å². The second kappa shape index (κ2) is 19.2. The number of aromatic nitrogens is 4. The molecule has 6 N–H and O–H groups in total. The van der Waals surface area contributed by atoms with Crippen LogP contribution in [0.4, 0.5) is 53.0 Å². The normalized spacial score (nSPS) is 16.2. The van der Waals surface area contributed by atoms with Crippen molar-refractivity contribution in [3.8, 4) is 6.07 Å². The van der Waals surface area contributed by atoms with Gasteiger partial charge in [-0.25, -0.2) is 38.3 Å². The predicted octanol–water partition coefficient (Wildman–Crippen LogP) is 4.17. The van der Waals surface area contributed by atoms with E-state index in [9.17, 15) is 28.4 Å². The highest BCUT2D eigenvalue weighted by Gasteiger charge is 2.26. The van der Waals surface area contributed by atoms with Crippen molar-refractivity contribution in [2.75, 3.05) is 74.8 Å². The van der Waals surface area contributed by atoms with Crippen LogP contribution < -0.4 is 36.8 Å². The number of amides is 5. The standard InChI is InChI=1S/C19H24FN7O2.C19H22FN7O/c1-26(2)19(29)24-14-4-3-9-27(11-14)15-10-22-16(17(21)28)18(25-15)23-13-7-5-12(20)6-8-13;1-26(2)19(28)24-15-4-3-9-27(12-15)17-11-22-16(10-21)18(25-17)23-14-7-5-13(20)6-8-14/h5-8,10,14H,3-4,9,11H2,1-2H3,(H2,21,28)(H,23,25)(H,24,29);5-8,11,15H,3-4,9,12H2,1-2H3,(H,23,25)(H,24,28)/t14-;15-/m11/s1. The number of anilines is 6. The number of halogens is 2. The van der Waals surface area contributed by atoms with Crippen LogP contribution >= 0.6 is 0 Å². The first kappa shape index (κ1) is 41.3. The highest BCUT2D eigenvalue weighted by Crippen LogP contribution is 2.25. The molecule has 300 valence electrons. The molecule has 0 unspecified atom stereocenters. The summed E-state index contributed by atoms with van der Waals surface area (Å²) in [5.74, 6) is 0.251. The van der Waals surface area contributed by atoms with Gasteiger partial charge in [-0.1, -0.05) is 0 Å². The summed E-state index contributed by atoms with van der Waals surface area (Å²) < 4.78 is 26.3. The minimum atomic E-state index is -0.719. The number of hydrogen-bond donors (Lipinski definition) is 5. The van der Waals surface area contributed by atoms with E-state index in [0.717, 1.165) is 38.8 Å². The monoisotopic (exact) mass is 784 g/mol. The molecule has 4 heterocycles. The van der Waals surface area contributed by atoms with Crippen molar-refractivity contribution in [3.05, 3.63) is 83.9 Å². The molecule has 0 aliphatic carbocycles. The highest BCUT2D eigenvalue weighted by molar-refractivity contribution is 5.96. The van der Waals surface area contributed by atoms with Gasteiger partial charge in [-0.05, 0) is 74.2 Å². The molecule has 2 aromatic carbocycles. The van der Waals surface area contributed by atoms with Crippen LogP contribution in [-0.2, 0) is 0 Å². The maximum absolute atomic E-state index is 13.1. The van der Waals surface area contributed by atoms with Gasteiger partial charge in [-0.15, -0.1) is 0 Å². The predicted molar refractivity (Wildman–Crippen MR) is 212 cm³/mol. The molecule has 0 radical (unpaired) electrons. The minimum Gasteiger partial charge on any atom is -0.364 e. The summed E-state index contributed by atoms with van der Waals surface area (Å²) in [6.07, 6.45) is 6.58. The SMILES string of the molecule is CN(C)C(=O)N[C@@H]1CCCN(c2cnc(C#N)c(Nc3ccc(F)cc3)n2)C1.CN(C)C(=O)N[C@@H]1CCCN(c2cnc(C(N)=O)c(Nc3ccc(F)cc3)n2)C1. The lowest BCUT2D eigenvalue weighted by molar-refractivity contribution is 0.0996. The van der Waals surface area contributed by atoms with Gasteiger partial charge in [0.15, 0.2) is 23.0 Å². The van der Waals surface area contributed by atoms with Gasteiger partial charge >= 0.3 is 12.1 Å². The maximum Gasteiger partial charge on any atom is 0.317 e. The number of piperidine rings is 2. The van der Waals surface area contributed by atoms with Crippen molar-refractivity contribution in [3.63, 3.8) is 0 Å². The summed E-state index contributed by atoms with van der Waals surface area (Å²) in [6.45, 7) is 2.70. The van der Waals surface area contributed by atoms with Crippen molar-refractivity contribution < 1.29 is 23.2 Å². The van der Waals surface area contributed by atoms with E-state index >= 15 is 0 Å². The van der Waals surface area contributed by atoms with Crippen molar-refractivity contribution in [1.82, 2.24) is 40.4 Å². The first-order chi connectivity index (χ1) is 27.3. The van der Waals surface area contributed by atoms with E-state index in [4.69, 9.17) is 5.73 Å². The molecule has 17 nitrogen and oxygen atoms in total. The lowest BCUT2D eigenvalue weighted by atomic mass is 10.1. The fourth-order valence-electron chi connectivity index (χ4n) is 6.05. The molecule has 2 saturated heterocycles. The first-order valence-corrected chi connectivity index (χ1v) is 18.2. The summed E-state index contributed by atoms with van der Waals surface area (Å²) >= 11 is 0. The fourth-order valence-corrected chi connectivity index (χ4v) is 6.05. The Morgan fingerprint density at radius 2 is 1.18 bits per heavy atom. The molecule has 2 aliphatic rings. The van der Waals surface area contributed by atoms with Gasteiger partial charge in [0.25, 0.3) is 5.91 Å². The van der Waals surface area contributed by atoms with Crippen molar-refractivity contribution in [2.45, 2.75) is 37.8 Å². The Kier molecular flexibility index (Phi) is 13.9. The second-order valence-electron chi connectivity index (χ2n) is 13.8. The number of carbonyl (C=O) groups is 3. The van der Waals surface area contributed by atoms with E-state index in [1.54, 1.807) is 46.5 Å². The van der Waals surface area contributed by atoms with Crippen molar-refractivity contribution in [1.29, 1.82) is 5.26 Å². The molecule has 2 aliphatic heterocycles. The molecular weight excluding hydrogens is 739 g/mol. The molecule has 57 heavy (non-hydrogen) atoms. The van der Waals surface area contributed by atoms with Crippen molar-refractivity contribution >= 4 is 52.6 Å². The zero-order chi connectivity index (χ0) is 41.1. The highest BCUT2D eigenvalue weighted by atomic mass is 19.1. The smallest absolute Gasteiger partial charge is 0.317 e. The van der Waals surface area contributed by atoms with Gasteiger partial charge in [0.2, 0.25) is 0 Å². The van der Waals surface area contributed by atoms with Gasteiger partial charge in [-0.3, -0.25) is 4.79 Å². The topological polar surface area (TPSA) is 214 Å². The number of nitrogens with zero attached hydrogens (tertiary/aromatic N) is 9. The van der Waals surface area contributed by atoms with E-state index in [-0.39, 0.29) is 53.0 Å². The average molecular weight is 785 g/mol. The first-order valence-electron chi connectivity index (χ1n) is 18.2. The summed E-state index contributed by atoms with van der Waals surface area (Å²) in [4.78, 5) is 60.1. The number of nitrogens with two attached hydrogens (primary N) is 1. The van der Waals surface area contributed by atoms with Crippen molar-refractivity contribution in [2.24, 2.45) is 5.73 Å². The molecule has 2 atom stereocenters. The molecular formula is C38H46F2N14O3. The largest absolute Gasteiger partial charge is 0.364 e. The third kappa shape index (κ3) is 11.6. The van der Waals surface area contributed by atoms with Crippen LogP contribution in [0.1, 0.15) is 41.9 Å². The quantitative estimate of drug-likeness (QED) is 0.162. The summed E-state index contributed by atoms with van der Waals surface area (Å²) in [6, 6.07) is 13.2. The average Bonchev–Trinajstić information content (AvgIpc) is 3.20. The van der Waals surface area contributed by atoms with Crippen LogP contribution in [-0.4, -0.2) is 114 Å². The summed E-state index contributed by atoms with van der Waals surface area (Å²) in [7, 11) is 6.79. The Morgan fingerprint density at radius 3 is 1.61 bits per heavy atom. The molecule has 4 aromatic rings. The molecule has 2 fully saturated rings. The van der Waals surface area contributed by atoms with Crippen LogP contribution in [0.5, 0.6) is 0 Å². The molecule has 2 aromatic heterocycles. The summed E-state index contributed by atoms with van der Waals surface area (Å²) in [5.41, 5.74) is 6.73. The number of primary amides is 1. The number of benzene rings is 2. The van der Waals surface area contributed by atoms with E-state index in [1.807, 2.05) is 15.9 Å². The number of rotatable bonds is 9. The Hall–Kier alpha value is -6.84. The van der Waals surface area contributed by atoms with Crippen LogP contribution in [0.15, 0.2) is 60.9 Å². The minimum absolute atomic E-state index is 0.00690. The van der Waals surface area contributed by atoms with Gasteiger partial charge < -0.3 is 46.6 Å². The van der Waals surface area contributed by atoms with E-state index < -0.39 is 5.91 Å². The molecule has 19 heteroatoms. The second-order valence-corrected chi connectivity index (χ2v) is 13.8. The number of nitrogens with one attached hydrogen (secondary N) is 4. The maximum atomic E-state index is 13.1. The zero-order valence-corrected chi connectivity index (χ0v) is 32.2. The zero-order valence-electron chi connectivity index (χ0n) is 32.2. The molecule has 0 bridgehead atoms. The van der Waals surface area contributed by atoms with Gasteiger partial charge in [0.05, 0.1) is 12.4 Å².